The second-order valence-corrected chi connectivity index (χ2v) is 6.73. The van der Waals surface area contributed by atoms with E-state index in [4.69, 9.17) is 0 Å². The number of hydrogen-bond acceptors (Lipinski definition) is 0. The van der Waals surface area contributed by atoms with Gasteiger partial charge < -0.3 is 0 Å². The van der Waals surface area contributed by atoms with Gasteiger partial charge in [-0.2, -0.15) is 0 Å². The molecule has 0 heterocycles. The maximum absolute atomic E-state index is 2.59. The Kier molecular flexibility index (Phi) is 2.31. The molecule has 0 heteroatoms. The highest BCUT2D eigenvalue weighted by atomic mass is 14.5. The minimum atomic E-state index is 0.508. The van der Waals surface area contributed by atoms with Crippen LogP contribution in [-0.2, 0) is 0 Å². The molecule has 0 bridgehead atoms. The summed E-state index contributed by atoms with van der Waals surface area (Å²) in [4.78, 5) is 0. The first-order valence-corrected chi connectivity index (χ1v) is 7.04. The number of fused-ring (bicyclic) bond motifs is 2. The van der Waals surface area contributed by atoms with Crippen molar-refractivity contribution in [3.63, 3.8) is 0 Å². The molecular weight excluding hydrogens is 192 g/mol. The molecule has 1 fully saturated rings. The molecule has 0 N–H and O–H groups in total. The molecule has 3 aliphatic rings. The van der Waals surface area contributed by atoms with Gasteiger partial charge in [-0.15, -0.1) is 0 Å². The molecule has 3 aliphatic carbocycles. The van der Waals surface area contributed by atoms with Crippen molar-refractivity contribution in [2.24, 2.45) is 10.8 Å². The monoisotopic (exact) mass is 216 g/mol. The summed E-state index contributed by atoms with van der Waals surface area (Å²) in [5.74, 6) is 0. The van der Waals surface area contributed by atoms with E-state index in [0.717, 1.165) is 0 Å². The van der Waals surface area contributed by atoms with Crippen LogP contribution in [0.5, 0.6) is 0 Å². The van der Waals surface area contributed by atoms with Crippen LogP contribution in [0.15, 0.2) is 23.3 Å². The SMILES string of the molecule is CC12CCCC=C1C=C1CCCCC1(C)C2. The van der Waals surface area contributed by atoms with E-state index >= 15 is 0 Å². The van der Waals surface area contributed by atoms with E-state index in [1.54, 1.807) is 11.1 Å². The molecule has 3 rings (SSSR count). The molecule has 0 aromatic carbocycles. The molecule has 2 atom stereocenters. The second kappa shape index (κ2) is 3.48. The number of rotatable bonds is 0. The zero-order chi connectivity index (χ0) is 11.2. The molecule has 0 spiro atoms. The van der Waals surface area contributed by atoms with Crippen molar-refractivity contribution < 1.29 is 0 Å². The third-order valence-corrected chi connectivity index (χ3v) is 5.30. The Bertz CT molecular complexity index is 360. The van der Waals surface area contributed by atoms with E-state index in [1.807, 2.05) is 0 Å². The lowest BCUT2D eigenvalue weighted by Crippen LogP contribution is -2.37. The summed E-state index contributed by atoms with van der Waals surface area (Å²) in [5, 5.41) is 0. The molecule has 2 unspecified atom stereocenters. The molecule has 0 aliphatic heterocycles. The lowest BCUT2D eigenvalue weighted by atomic mass is 9.55. The summed E-state index contributed by atoms with van der Waals surface area (Å²) in [7, 11) is 0. The van der Waals surface area contributed by atoms with E-state index in [9.17, 15) is 0 Å². The summed E-state index contributed by atoms with van der Waals surface area (Å²) in [6.07, 6.45) is 16.3. The minimum absolute atomic E-state index is 0.508. The van der Waals surface area contributed by atoms with E-state index in [2.05, 4.69) is 26.0 Å². The summed E-state index contributed by atoms with van der Waals surface area (Å²) >= 11 is 0. The summed E-state index contributed by atoms with van der Waals surface area (Å²) in [6.45, 7) is 5.03. The molecule has 1 saturated carbocycles. The van der Waals surface area contributed by atoms with Crippen LogP contribution < -0.4 is 0 Å². The van der Waals surface area contributed by atoms with Gasteiger partial charge in [0, 0.05) is 0 Å². The average Bonchev–Trinajstić information content (AvgIpc) is 2.24. The van der Waals surface area contributed by atoms with Crippen LogP contribution in [0.3, 0.4) is 0 Å². The molecule has 0 nitrogen and oxygen atoms in total. The van der Waals surface area contributed by atoms with Gasteiger partial charge >= 0.3 is 0 Å². The van der Waals surface area contributed by atoms with Crippen LogP contribution in [0, 0.1) is 10.8 Å². The molecule has 0 aromatic rings. The maximum atomic E-state index is 2.59. The van der Waals surface area contributed by atoms with Gasteiger partial charge in [-0.25, -0.2) is 0 Å². The van der Waals surface area contributed by atoms with E-state index in [0.29, 0.717) is 10.8 Å². The molecule has 88 valence electrons. The molecular formula is C16H24. The summed E-state index contributed by atoms with van der Waals surface area (Å²) in [5.41, 5.74) is 4.49. The van der Waals surface area contributed by atoms with Gasteiger partial charge in [0.2, 0.25) is 0 Å². The Morgan fingerprint density at radius 2 is 1.81 bits per heavy atom. The lowest BCUT2D eigenvalue weighted by molar-refractivity contribution is 0.162. The fourth-order valence-corrected chi connectivity index (χ4v) is 4.35. The van der Waals surface area contributed by atoms with Crippen LogP contribution in [0.1, 0.15) is 65.2 Å². The smallest absolute Gasteiger partial charge is 0.00701 e. The van der Waals surface area contributed by atoms with Gasteiger partial charge in [-0.3, -0.25) is 0 Å². The first-order valence-electron chi connectivity index (χ1n) is 7.04. The van der Waals surface area contributed by atoms with Crippen molar-refractivity contribution in [3.8, 4) is 0 Å². The van der Waals surface area contributed by atoms with Crippen LogP contribution in [0.4, 0.5) is 0 Å². The van der Waals surface area contributed by atoms with E-state index in [1.165, 1.54) is 51.4 Å². The fraction of sp³-hybridized carbons (Fsp3) is 0.750. The summed E-state index contributed by atoms with van der Waals surface area (Å²) < 4.78 is 0. The average molecular weight is 216 g/mol. The maximum Gasteiger partial charge on any atom is -0.00701 e. The van der Waals surface area contributed by atoms with Gasteiger partial charge in [-0.05, 0) is 61.3 Å². The van der Waals surface area contributed by atoms with Crippen molar-refractivity contribution in [3.05, 3.63) is 23.3 Å². The van der Waals surface area contributed by atoms with Crippen LogP contribution in [0.25, 0.3) is 0 Å². The normalized spacial score (nSPS) is 42.9. The third-order valence-electron chi connectivity index (χ3n) is 5.30. The highest BCUT2D eigenvalue weighted by molar-refractivity contribution is 5.39. The zero-order valence-corrected chi connectivity index (χ0v) is 10.8. The predicted octanol–water partition coefficient (Wildman–Crippen LogP) is 5.01. The zero-order valence-electron chi connectivity index (χ0n) is 10.8. The van der Waals surface area contributed by atoms with Crippen molar-refractivity contribution in [2.75, 3.05) is 0 Å². The summed E-state index contributed by atoms with van der Waals surface area (Å²) in [6, 6.07) is 0. The predicted molar refractivity (Wildman–Crippen MR) is 69.3 cm³/mol. The van der Waals surface area contributed by atoms with E-state index < -0.39 is 0 Å². The largest absolute Gasteiger partial charge is 0.0808 e. The van der Waals surface area contributed by atoms with Crippen LogP contribution in [-0.4, -0.2) is 0 Å². The first-order chi connectivity index (χ1) is 7.62. The quantitative estimate of drug-likeness (QED) is 0.533. The number of allylic oxidation sites excluding steroid dienone is 4. The Balaban J connectivity index is 2.04. The second-order valence-electron chi connectivity index (χ2n) is 6.73. The molecule has 0 aromatic heterocycles. The highest BCUT2D eigenvalue weighted by Crippen LogP contribution is 2.57. The van der Waals surface area contributed by atoms with Crippen molar-refractivity contribution in [1.82, 2.24) is 0 Å². The molecule has 0 radical (unpaired) electrons. The van der Waals surface area contributed by atoms with Crippen LogP contribution >= 0.6 is 0 Å². The standard InChI is InChI=1S/C16H24/c1-15-9-5-3-7-13(15)11-14-8-4-6-10-16(14,2)12-15/h7,11H,3-6,8-10,12H2,1-2H3. The van der Waals surface area contributed by atoms with Gasteiger partial charge in [0.25, 0.3) is 0 Å². The number of hydrogen-bond donors (Lipinski definition) is 0. The van der Waals surface area contributed by atoms with Crippen LogP contribution in [0.2, 0.25) is 0 Å². The Hall–Kier alpha value is -0.520. The Labute approximate surface area is 99.8 Å². The van der Waals surface area contributed by atoms with Crippen molar-refractivity contribution >= 4 is 0 Å². The molecule has 0 saturated heterocycles. The van der Waals surface area contributed by atoms with Crippen molar-refractivity contribution in [1.29, 1.82) is 0 Å². The first kappa shape index (κ1) is 10.6. The Morgan fingerprint density at radius 3 is 2.69 bits per heavy atom. The molecule has 0 amide bonds. The van der Waals surface area contributed by atoms with Gasteiger partial charge in [0.1, 0.15) is 0 Å². The molecule has 16 heavy (non-hydrogen) atoms. The van der Waals surface area contributed by atoms with E-state index in [-0.39, 0.29) is 0 Å². The topological polar surface area (TPSA) is 0 Å². The fourth-order valence-electron chi connectivity index (χ4n) is 4.35. The van der Waals surface area contributed by atoms with Gasteiger partial charge in [0.15, 0.2) is 0 Å². The van der Waals surface area contributed by atoms with Gasteiger partial charge in [-0.1, -0.05) is 38.0 Å². The Morgan fingerprint density at radius 1 is 1.00 bits per heavy atom. The highest BCUT2D eigenvalue weighted by Gasteiger charge is 2.44. The lowest BCUT2D eigenvalue weighted by Gasteiger charge is -2.49. The third kappa shape index (κ3) is 1.49. The minimum Gasteiger partial charge on any atom is -0.0808 e. The van der Waals surface area contributed by atoms with Gasteiger partial charge in [0.05, 0.1) is 0 Å². The van der Waals surface area contributed by atoms with Crippen molar-refractivity contribution in [2.45, 2.75) is 65.2 Å².